The van der Waals surface area contributed by atoms with Crippen LogP contribution in [-0.2, 0) is 13.1 Å². The predicted octanol–water partition coefficient (Wildman–Crippen LogP) is 5.08. The summed E-state index contributed by atoms with van der Waals surface area (Å²) in [6.07, 6.45) is 9.35. The average molecular weight is 441 g/mol. The van der Waals surface area contributed by atoms with Gasteiger partial charge < -0.3 is 15.4 Å². The number of thiophene rings is 1. The highest BCUT2D eigenvalue weighted by Gasteiger charge is 2.17. The van der Waals surface area contributed by atoms with E-state index >= 15 is 0 Å². The van der Waals surface area contributed by atoms with Crippen molar-refractivity contribution < 1.29 is 9.53 Å². The number of amides is 1. The molecule has 2 N–H and O–H groups in total. The Morgan fingerprint density at radius 3 is 2.45 bits per heavy atom. The number of methoxy groups -OCH3 is 1. The quantitative estimate of drug-likeness (QED) is 0.363. The Bertz CT molecular complexity index is 956. The SMILES string of the molecule is CCCCCCCCNCc1ccc(CNC(=O)c2csc3ncnc(OC)c23)cc1. The van der Waals surface area contributed by atoms with E-state index < -0.39 is 0 Å². The molecule has 0 atom stereocenters. The van der Waals surface area contributed by atoms with Gasteiger partial charge in [-0.1, -0.05) is 63.3 Å². The number of benzene rings is 1. The summed E-state index contributed by atoms with van der Waals surface area (Å²) in [5, 5.41) is 8.97. The Kier molecular flexibility index (Phi) is 9.24. The number of unbranched alkanes of at least 4 members (excludes halogenated alkanes) is 5. The highest BCUT2D eigenvalue weighted by Crippen LogP contribution is 2.30. The molecule has 0 saturated carbocycles. The number of nitrogens with one attached hydrogen (secondary N) is 2. The minimum atomic E-state index is -0.149. The van der Waals surface area contributed by atoms with Gasteiger partial charge in [-0.05, 0) is 24.1 Å². The van der Waals surface area contributed by atoms with Crippen molar-refractivity contribution in [3.8, 4) is 5.88 Å². The van der Waals surface area contributed by atoms with Crippen molar-refractivity contribution in [1.82, 2.24) is 20.6 Å². The fraction of sp³-hybridized carbons (Fsp3) is 0.458. The van der Waals surface area contributed by atoms with Gasteiger partial charge in [-0.3, -0.25) is 4.79 Å². The number of fused-ring (bicyclic) bond motifs is 1. The molecule has 6 nitrogen and oxygen atoms in total. The summed E-state index contributed by atoms with van der Waals surface area (Å²) in [5.74, 6) is 0.276. The van der Waals surface area contributed by atoms with E-state index in [0.717, 1.165) is 23.5 Å². The van der Waals surface area contributed by atoms with Crippen molar-refractivity contribution in [2.24, 2.45) is 0 Å². The molecule has 7 heteroatoms. The molecule has 31 heavy (non-hydrogen) atoms. The number of aromatic nitrogens is 2. The molecule has 0 saturated heterocycles. The third-order valence-corrected chi connectivity index (χ3v) is 6.17. The summed E-state index contributed by atoms with van der Waals surface area (Å²) in [6, 6.07) is 8.37. The molecule has 0 aliphatic rings. The molecule has 166 valence electrons. The first-order chi connectivity index (χ1) is 15.2. The topological polar surface area (TPSA) is 76.1 Å². The van der Waals surface area contributed by atoms with E-state index in [-0.39, 0.29) is 5.91 Å². The third-order valence-electron chi connectivity index (χ3n) is 5.29. The maximum atomic E-state index is 12.7. The van der Waals surface area contributed by atoms with Crippen molar-refractivity contribution in [1.29, 1.82) is 0 Å². The molecule has 0 radical (unpaired) electrons. The number of rotatable bonds is 13. The summed E-state index contributed by atoms with van der Waals surface area (Å²) >= 11 is 1.41. The Labute approximate surface area is 188 Å². The second-order valence-corrected chi connectivity index (χ2v) is 8.51. The lowest BCUT2D eigenvalue weighted by Crippen LogP contribution is -2.22. The molecular weight excluding hydrogens is 408 g/mol. The monoisotopic (exact) mass is 440 g/mol. The zero-order valence-corrected chi connectivity index (χ0v) is 19.3. The van der Waals surface area contributed by atoms with Gasteiger partial charge in [0.05, 0.1) is 18.1 Å². The lowest BCUT2D eigenvalue weighted by molar-refractivity contribution is 0.0952. The van der Waals surface area contributed by atoms with Crippen LogP contribution in [0.3, 0.4) is 0 Å². The second kappa shape index (κ2) is 12.4. The van der Waals surface area contributed by atoms with Crippen LogP contribution in [0.1, 0.15) is 66.9 Å². The van der Waals surface area contributed by atoms with Gasteiger partial charge in [0.25, 0.3) is 5.91 Å². The molecule has 0 fully saturated rings. The molecule has 0 bridgehead atoms. The van der Waals surface area contributed by atoms with Gasteiger partial charge in [-0.25, -0.2) is 9.97 Å². The number of carbonyl (C=O) groups is 1. The summed E-state index contributed by atoms with van der Waals surface area (Å²) in [5.41, 5.74) is 2.87. The van der Waals surface area contributed by atoms with Gasteiger partial charge in [0.1, 0.15) is 11.2 Å². The molecule has 3 aromatic rings. The normalized spacial score (nSPS) is 11.0. The van der Waals surface area contributed by atoms with Crippen LogP contribution in [0, 0.1) is 0 Å². The standard InChI is InChI=1S/C24H32N4O2S/c1-3-4-5-6-7-8-13-25-14-18-9-11-19(12-10-18)15-26-22(29)20-16-31-24-21(20)23(30-2)27-17-28-24/h9-12,16-17,25H,3-8,13-15H2,1-2H3,(H,26,29). The van der Waals surface area contributed by atoms with Crippen LogP contribution in [0.4, 0.5) is 0 Å². The lowest BCUT2D eigenvalue weighted by atomic mass is 10.1. The van der Waals surface area contributed by atoms with Gasteiger partial charge in [0.2, 0.25) is 5.88 Å². The minimum absolute atomic E-state index is 0.149. The van der Waals surface area contributed by atoms with E-state index in [9.17, 15) is 4.79 Å². The molecule has 3 rings (SSSR count). The predicted molar refractivity (Wildman–Crippen MR) is 127 cm³/mol. The maximum absolute atomic E-state index is 12.7. The van der Waals surface area contributed by atoms with Crippen molar-refractivity contribution in [3.05, 3.63) is 52.7 Å². The Balaban J connectivity index is 1.43. The van der Waals surface area contributed by atoms with Crippen LogP contribution in [0.15, 0.2) is 36.0 Å². The van der Waals surface area contributed by atoms with Gasteiger partial charge >= 0.3 is 0 Å². The number of hydrogen-bond donors (Lipinski definition) is 2. The Hall–Kier alpha value is -2.51. The lowest BCUT2D eigenvalue weighted by Gasteiger charge is -2.08. The maximum Gasteiger partial charge on any atom is 0.253 e. The van der Waals surface area contributed by atoms with Crippen molar-refractivity contribution in [3.63, 3.8) is 0 Å². The van der Waals surface area contributed by atoms with Crippen molar-refractivity contribution in [2.75, 3.05) is 13.7 Å². The number of nitrogens with zero attached hydrogens (tertiary/aromatic N) is 2. The largest absolute Gasteiger partial charge is 0.480 e. The molecule has 2 aromatic heterocycles. The molecule has 0 spiro atoms. The molecule has 0 unspecified atom stereocenters. The van der Waals surface area contributed by atoms with Crippen LogP contribution in [0.25, 0.3) is 10.2 Å². The number of hydrogen-bond acceptors (Lipinski definition) is 6. The summed E-state index contributed by atoms with van der Waals surface area (Å²) in [7, 11) is 1.55. The highest BCUT2D eigenvalue weighted by molar-refractivity contribution is 7.17. The van der Waals surface area contributed by atoms with E-state index in [2.05, 4.69) is 51.8 Å². The van der Waals surface area contributed by atoms with Crippen LogP contribution in [0.2, 0.25) is 0 Å². The first-order valence-corrected chi connectivity index (χ1v) is 11.9. The van der Waals surface area contributed by atoms with Crippen LogP contribution >= 0.6 is 11.3 Å². The molecule has 0 aliphatic carbocycles. The van der Waals surface area contributed by atoms with E-state index in [1.807, 2.05) is 0 Å². The van der Waals surface area contributed by atoms with Crippen LogP contribution in [0.5, 0.6) is 5.88 Å². The van der Waals surface area contributed by atoms with Gasteiger partial charge in [0.15, 0.2) is 0 Å². The molecule has 0 aliphatic heterocycles. The Morgan fingerprint density at radius 2 is 1.71 bits per heavy atom. The first-order valence-electron chi connectivity index (χ1n) is 11.1. The van der Waals surface area contributed by atoms with Crippen molar-refractivity contribution >= 4 is 27.5 Å². The minimum Gasteiger partial charge on any atom is -0.480 e. The zero-order chi connectivity index (χ0) is 21.9. The second-order valence-electron chi connectivity index (χ2n) is 7.66. The third kappa shape index (κ3) is 6.74. The molecular formula is C24H32N4O2S. The average Bonchev–Trinajstić information content (AvgIpc) is 3.24. The molecule has 1 amide bonds. The highest BCUT2D eigenvalue weighted by atomic mass is 32.1. The summed E-state index contributed by atoms with van der Waals surface area (Å²) in [6.45, 7) is 4.66. The van der Waals surface area contributed by atoms with Gasteiger partial charge in [-0.15, -0.1) is 11.3 Å². The number of ether oxygens (including phenoxy) is 1. The smallest absolute Gasteiger partial charge is 0.253 e. The summed E-state index contributed by atoms with van der Waals surface area (Å²) in [4.78, 5) is 21.8. The van der Waals surface area contributed by atoms with Crippen molar-refractivity contribution in [2.45, 2.75) is 58.5 Å². The summed E-state index contributed by atoms with van der Waals surface area (Å²) < 4.78 is 5.29. The number of carbonyl (C=O) groups excluding carboxylic acids is 1. The molecule has 1 aromatic carbocycles. The van der Waals surface area contributed by atoms with E-state index in [4.69, 9.17) is 4.74 Å². The Morgan fingerprint density at radius 1 is 1.00 bits per heavy atom. The fourth-order valence-electron chi connectivity index (χ4n) is 3.49. The molecule has 2 heterocycles. The first kappa shape index (κ1) is 23.2. The van der Waals surface area contributed by atoms with Crippen LogP contribution in [-0.4, -0.2) is 29.5 Å². The van der Waals surface area contributed by atoms with E-state index in [1.54, 1.807) is 12.5 Å². The van der Waals surface area contributed by atoms with E-state index in [0.29, 0.717) is 23.4 Å². The van der Waals surface area contributed by atoms with Gasteiger partial charge in [-0.2, -0.15) is 0 Å². The zero-order valence-electron chi connectivity index (χ0n) is 18.4. The fourth-order valence-corrected chi connectivity index (χ4v) is 4.36. The van der Waals surface area contributed by atoms with Crippen LogP contribution < -0.4 is 15.4 Å². The van der Waals surface area contributed by atoms with Gasteiger partial charge in [0, 0.05) is 18.5 Å². The van der Waals surface area contributed by atoms with E-state index in [1.165, 1.54) is 61.8 Å².